The van der Waals surface area contributed by atoms with E-state index in [2.05, 4.69) is 10.9 Å². The molecule has 0 aromatic heterocycles. The highest BCUT2D eigenvalue weighted by molar-refractivity contribution is 5.85. The fourth-order valence-corrected chi connectivity index (χ4v) is 1.39. The molecule has 114 valence electrons. The number of carboxylic acids is 1. The lowest BCUT2D eigenvalue weighted by atomic mass is 10.2. The lowest BCUT2D eigenvalue weighted by Gasteiger charge is -2.15. The molecule has 7 nitrogen and oxygen atoms in total. The molecule has 0 aliphatic heterocycles. The third-order valence-corrected chi connectivity index (χ3v) is 2.59. The Bertz CT molecular complexity index is 513. The van der Waals surface area contributed by atoms with Gasteiger partial charge in [0.1, 0.15) is 5.75 Å². The number of carbonyl (C=O) groups is 3. The maximum Gasteiger partial charge on any atom is 0.303 e. The largest absolute Gasteiger partial charge is 0.481 e. The van der Waals surface area contributed by atoms with E-state index in [-0.39, 0.29) is 12.8 Å². The first-order valence-corrected chi connectivity index (χ1v) is 6.42. The number of hydrogen-bond donors (Lipinski definition) is 3. The molecule has 1 rings (SSSR count). The van der Waals surface area contributed by atoms with Gasteiger partial charge >= 0.3 is 5.97 Å². The van der Waals surface area contributed by atoms with Gasteiger partial charge in [0.25, 0.3) is 5.91 Å². The second kappa shape index (κ2) is 7.88. The van der Waals surface area contributed by atoms with Gasteiger partial charge in [-0.1, -0.05) is 17.7 Å². The molecule has 0 radical (unpaired) electrons. The van der Waals surface area contributed by atoms with Crippen molar-refractivity contribution >= 4 is 17.8 Å². The van der Waals surface area contributed by atoms with Gasteiger partial charge in [0.15, 0.2) is 6.10 Å². The lowest BCUT2D eigenvalue weighted by molar-refractivity contribution is -0.139. The molecule has 1 aromatic carbocycles. The molecule has 0 unspecified atom stereocenters. The van der Waals surface area contributed by atoms with Crippen LogP contribution in [0.1, 0.15) is 25.3 Å². The number of hydrogen-bond acceptors (Lipinski definition) is 4. The Hall–Kier alpha value is -2.57. The number of nitrogens with one attached hydrogen (secondary N) is 2. The Morgan fingerprint density at radius 2 is 1.76 bits per heavy atom. The van der Waals surface area contributed by atoms with Crippen LogP contribution < -0.4 is 15.6 Å². The van der Waals surface area contributed by atoms with Crippen molar-refractivity contribution in [2.24, 2.45) is 0 Å². The second-order valence-electron chi connectivity index (χ2n) is 4.50. The Morgan fingerprint density at radius 3 is 2.33 bits per heavy atom. The molecule has 0 bridgehead atoms. The molecule has 0 spiro atoms. The number of ether oxygens (including phenoxy) is 1. The molecule has 0 saturated carbocycles. The molecule has 1 aromatic rings. The molecule has 0 saturated heterocycles. The molecule has 1 atom stereocenters. The maximum absolute atomic E-state index is 11.7. The SMILES string of the molecule is Cc1ccc(O[C@@H](C)C(=O)NNC(=O)CCC(=O)O)cc1. The molecule has 0 aliphatic carbocycles. The molecule has 7 heteroatoms. The van der Waals surface area contributed by atoms with E-state index in [1.165, 1.54) is 0 Å². The van der Waals surface area contributed by atoms with Crippen LogP contribution in [0.3, 0.4) is 0 Å². The van der Waals surface area contributed by atoms with E-state index in [1.54, 1.807) is 19.1 Å². The molecule has 0 aliphatic rings. The third kappa shape index (κ3) is 6.42. The van der Waals surface area contributed by atoms with Crippen LogP contribution >= 0.6 is 0 Å². The summed E-state index contributed by atoms with van der Waals surface area (Å²) in [5, 5.41) is 8.42. The summed E-state index contributed by atoms with van der Waals surface area (Å²) < 4.78 is 5.40. The van der Waals surface area contributed by atoms with E-state index in [4.69, 9.17) is 9.84 Å². The van der Waals surface area contributed by atoms with Crippen LogP contribution in [0.2, 0.25) is 0 Å². The smallest absolute Gasteiger partial charge is 0.303 e. The molecule has 21 heavy (non-hydrogen) atoms. The zero-order valence-electron chi connectivity index (χ0n) is 11.9. The van der Waals surface area contributed by atoms with Crippen LogP contribution in [0, 0.1) is 6.92 Å². The van der Waals surface area contributed by atoms with Gasteiger partial charge in [-0.15, -0.1) is 0 Å². The summed E-state index contributed by atoms with van der Waals surface area (Å²) in [6.45, 7) is 3.48. The molecule has 2 amide bonds. The van der Waals surface area contributed by atoms with Crippen molar-refractivity contribution in [3.05, 3.63) is 29.8 Å². The predicted molar refractivity (Wildman–Crippen MR) is 74.4 cm³/mol. The number of aliphatic carboxylic acids is 1. The van der Waals surface area contributed by atoms with Gasteiger partial charge in [-0.3, -0.25) is 25.2 Å². The minimum Gasteiger partial charge on any atom is -0.481 e. The minimum absolute atomic E-state index is 0.206. The van der Waals surface area contributed by atoms with Crippen molar-refractivity contribution in [2.45, 2.75) is 32.8 Å². The molecule has 0 heterocycles. The first-order valence-electron chi connectivity index (χ1n) is 6.42. The Labute approximate surface area is 122 Å². The summed E-state index contributed by atoms with van der Waals surface area (Å²) in [4.78, 5) is 33.2. The summed E-state index contributed by atoms with van der Waals surface area (Å²) in [6.07, 6.45) is -1.30. The van der Waals surface area contributed by atoms with Crippen LogP contribution in [0.25, 0.3) is 0 Å². The van der Waals surface area contributed by atoms with Crippen molar-refractivity contribution in [1.29, 1.82) is 0 Å². The van der Waals surface area contributed by atoms with Crippen molar-refractivity contribution in [2.75, 3.05) is 0 Å². The van der Waals surface area contributed by atoms with E-state index < -0.39 is 23.9 Å². The summed E-state index contributed by atoms with van der Waals surface area (Å²) in [7, 11) is 0. The van der Waals surface area contributed by atoms with Gasteiger partial charge in [0, 0.05) is 6.42 Å². The fourth-order valence-electron chi connectivity index (χ4n) is 1.39. The first-order chi connectivity index (χ1) is 9.88. The average molecular weight is 294 g/mol. The monoisotopic (exact) mass is 294 g/mol. The van der Waals surface area contributed by atoms with Crippen molar-refractivity contribution in [3.63, 3.8) is 0 Å². The van der Waals surface area contributed by atoms with Gasteiger partial charge in [-0.05, 0) is 26.0 Å². The van der Waals surface area contributed by atoms with E-state index in [9.17, 15) is 14.4 Å². The van der Waals surface area contributed by atoms with E-state index in [0.29, 0.717) is 5.75 Å². The van der Waals surface area contributed by atoms with Gasteiger partial charge in [0.05, 0.1) is 6.42 Å². The van der Waals surface area contributed by atoms with E-state index in [0.717, 1.165) is 5.56 Å². The average Bonchev–Trinajstić information content (AvgIpc) is 2.44. The summed E-state index contributed by atoms with van der Waals surface area (Å²) in [5.41, 5.74) is 5.39. The number of hydrazine groups is 1. The molecule has 3 N–H and O–H groups in total. The topological polar surface area (TPSA) is 105 Å². The van der Waals surface area contributed by atoms with Crippen molar-refractivity contribution in [3.8, 4) is 5.75 Å². The van der Waals surface area contributed by atoms with Crippen molar-refractivity contribution in [1.82, 2.24) is 10.9 Å². The first kappa shape index (κ1) is 16.5. The number of benzene rings is 1. The molecular weight excluding hydrogens is 276 g/mol. The number of aryl methyl sites for hydroxylation is 1. The minimum atomic E-state index is -1.08. The van der Waals surface area contributed by atoms with Crippen LogP contribution in [0.5, 0.6) is 5.75 Å². The quantitative estimate of drug-likeness (QED) is 0.672. The normalized spacial score (nSPS) is 11.3. The highest BCUT2D eigenvalue weighted by atomic mass is 16.5. The van der Waals surface area contributed by atoms with E-state index >= 15 is 0 Å². The summed E-state index contributed by atoms with van der Waals surface area (Å²) >= 11 is 0. The van der Waals surface area contributed by atoms with Gasteiger partial charge in [-0.25, -0.2) is 0 Å². The number of amides is 2. The third-order valence-electron chi connectivity index (χ3n) is 2.59. The van der Waals surface area contributed by atoms with Gasteiger partial charge in [0.2, 0.25) is 5.91 Å². The summed E-state index contributed by atoms with van der Waals surface area (Å²) in [5.74, 6) is -1.64. The molecule has 0 fully saturated rings. The summed E-state index contributed by atoms with van der Waals surface area (Å²) in [6, 6.07) is 7.19. The van der Waals surface area contributed by atoms with Crippen LogP contribution in [-0.4, -0.2) is 29.0 Å². The Kier molecular flexibility index (Phi) is 6.19. The number of carbonyl (C=O) groups excluding carboxylic acids is 2. The highest BCUT2D eigenvalue weighted by Crippen LogP contribution is 2.13. The Morgan fingerprint density at radius 1 is 1.14 bits per heavy atom. The van der Waals surface area contributed by atoms with Crippen LogP contribution in [0.15, 0.2) is 24.3 Å². The maximum atomic E-state index is 11.7. The lowest BCUT2D eigenvalue weighted by Crippen LogP contribution is -2.47. The zero-order valence-corrected chi connectivity index (χ0v) is 11.9. The standard InChI is InChI=1S/C14H18N2O5/c1-9-3-5-11(6-4-9)21-10(2)14(20)16-15-12(17)7-8-13(18)19/h3-6,10H,7-8H2,1-2H3,(H,15,17)(H,16,20)(H,18,19)/t10-/m0/s1. The van der Waals surface area contributed by atoms with Gasteiger partial charge < -0.3 is 9.84 Å². The second-order valence-corrected chi connectivity index (χ2v) is 4.50. The molecular formula is C14H18N2O5. The Balaban J connectivity index is 2.35. The zero-order chi connectivity index (χ0) is 15.8. The van der Waals surface area contributed by atoms with Gasteiger partial charge in [-0.2, -0.15) is 0 Å². The van der Waals surface area contributed by atoms with E-state index in [1.807, 2.05) is 19.1 Å². The highest BCUT2D eigenvalue weighted by Gasteiger charge is 2.15. The fraction of sp³-hybridized carbons (Fsp3) is 0.357. The van der Waals surface area contributed by atoms with Crippen LogP contribution in [-0.2, 0) is 14.4 Å². The van der Waals surface area contributed by atoms with Crippen molar-refractivity contribution < 1.29 is 24.2 Å². The number of carboxylic acid groups (broad SMARTS) is 1. The van der Waals surface area contributed by atoms with Crippen LogP contribution in [0.4, 0.5) is 0 Å². The number of rotatable bonds is 6. The predicted octanol–water partition coefficient (Wildman–Crippen LogP) is 0.775.